The number of halogens is 1. The van der Waals surface area contributed by atoms with Crippen LogP contribution < -0.4 is 14.8 Å². The van der Waals surface area contributed by atoms with Crippen LogP contribution in [0.2, 0.25) is 5.02 Å². The second-order valence-electron chi connectivity index (χ2n) is 6.17. The van der Waals surface area contributed by atoms with E-state index in [1.807, 2.05) is 12.1 Å². The molecule has 2 aromatic rings. The molecule has 2 rings (SSSR count). The lowest BCUT2D eigenvalue weighted by molar-refractivity contribution is -0.137. The number of hydrogen-bond donors (Lipinski definition) is 1. The van der Waals surface area contributed by atoms with Crippen molar-refractivity contribution in [3.63, 3.8) is 0 Å². The van der Waals surface area contributed by atoms with Crippen molar-refractivity contribution in [2.75, 3.05) is 7.11 Å². The molecule has 0 heterocycles. The fourth-order valence-corrected chi connectivity index (χ4v) is 2.38. The van der Waals surface area contributed by atoms with Gasteiger partial charge in [0.15, 0.2) is 11.5 Å². The Bertz CT molecular complexity index is 846. The van der Waals surface area contributed by atoms with Crippen LogP contribution in [0.3, 0.4) is 0 Å². The first-order chi connectivity index (χ1) is 12.9. The summed E-state index contributed by atoms with van der Waals surface area (Å²) >= 11 is 5.92. The van der Waals surface area contributed by atoms with Crippen LogP contribution in [0.15, 0.2) is 48.5 Å². The number of benzene rings is 2. The monoisotopic (exact) mass is 387 g/mol. The quantitative estimate of drug-likeness (QED) is 0.438. The van der Waals surface area contributed by atoms with Crippen molar-refractivity contribution in [2.45, 2.75) is 20.4 Å². The van der Waals surface area contributed by atoms with Crippen LogP contribution in [0, 0.1) is 5.92 Å². The minimum absolute atomic E-state index is 0.232. The Morgan fingerprint density at radius 1 is 1.15 bits per heavy atom. The highest BCUT2D eigenvalue weighted by atomic mass is 35.5. The Kier molecular flexibility index (Phi) is 7.44. The van der Waals surface area contributed by atoms with E-state index in [0.29, 0.717) is 23.1 Å². The van der Waals surface area contributed by atoms with Gasteiger partial charge in [-0.15, -0.1) is 0 Å². The van der Waals surface area contributed by atoms with Gasteiger partial charge in [0.1, 0.15) is 0 Å². The molecule has 0 aliphatic heterocycles. The fourth-order valence-electron chi connectivity index (χ4n) is 2.17. The zero-order valence-electron chi connectivity index (χ0n) is 15.5. The molecule has 1 N–H and O–H groups in total. The summed E-state index contributed by atoms with van der Waals surface area (Å²) in [5.74, 6) is -0.0389. The van der Waals surface area contributed by atoms with Crippen molar-refractivity contribution in [1.82, 2.24) is 5.32 Å². The van der Waals surface area contributed by atoms with Gasteiger partial charge in [-0.25, -0.2) is 0 Å². The van der Waals surface area contributed by atoms with Crippen LogP contribution >= 0.6 is 11.6 Å². The minimum atomic E-state index is -0.336. The standard InChI is InChI=1S/C21H22ClNO4/c1-14(2)21(25)27-18-9-7-15(12-19(18)26-3)8-10-20(24)23-13-16-5-4-6-17(22)11-16/h4-12,14H,13H2,1-3H3,(H,23,24)/b10-8+. The molecule has 0 spiro atoms. The van der Waals surface area contributed by atoms with Gasteiger partial charge in [0.25, 0.3) is 0 Å². The Morgan fingerprint density at radius 2 is 1.93 bits per heavy atom. The van der Waals surface area contributed by atoms with Gasteiger partial charge in [0.05, 0.1) is 13.0 Å². The topological polar surface area (TPSA) is 64.6 Å². The average molecular weight is 388 g/mol. The first-order valence-electron chi connectivity index (χ1n) is 8.49. The third kappa shape index (κ3) is 6.46. The maximum atomic E-state index is 12.0. The first-order valence-corrected chi connectivity index (χ1v) is 8.87. The fraction of sp³-hybridized carbons (Fsp3) is 0.238. The van der Waals surface area contributed by atoms with Crippen LogP contribution in [0.1, 0.15) is 25.0 Å². The maximum Gasteiger partial charge on any atom is 0.313 e. The van der Waals surface area contributed by atoms with Crippen molar-refractivity contribution >= 4 is 29.6 Å². The number of hydrogen-bond acceptors (Lipinski definition) is 4. The molecule has 0 fully saturated rings. The lowest BCUT2D eigenvalue weighted by Gasteiger charge is -2.11. The van der Waals surface area contributed by atoms with Gasteiger partial charge in [-0.3, -0.25) is 9.59 Å². The summed E-state index contributed by atoms with van der Waals surface area (Å²) in [6, 6.07) is 12.4. The molecule has 0 atom stereocenters. The molecule has 27 heavy (non-hydrogen) atoms. The number of ether oxygens (including phenoxy) is 2. The van der Waals surface area contributed by atoms with Gasteiger partial charge >= 0.3 is 5.97 Å². The second-order valence-corrected chi connectivity index (χ2v) is 6.60. The predicted octanol–water partition coefficient (Wildman–Crippen LogP) is 4.24. The predicted molar refractivity (Wildman–Crippen MR) is 106 cm³/mol. The first kappa shape index (κ1) is 20.5. The molecule has 0 radical (unpaired) electrons. The molecule has 142 valence electrons. The summed E-state index contributed by atoms with van der Waals surface area (Å²) in [7, 11) is 1.49. The highest BCUT2D eigenvalue weighted by molar-refractivity contribution is 6.30. The average Bonchev–Trinajstić information content (AvgIpc) is 2.65. The van der Waals surface area contributed by atoms with E-state index in [0.717, 1.165) is 11.1 Å². The summed E-state index contributed by atoms with van der Waals surface area (Å²) in [4.78, 5) is 23.7. The number of amides is 1. The molecule has 0 aliphatic rings. The Labute approximate surface area is 163 Å². The summed E-state index contributed by atoms with van der Waals surface area (Å²) < 4.78 is 10.6. The van der Waals surface area contributed by atoms with E-state index in [1.54, 1.807) is 50.3 Å². The maximum absolute atomic E-state index is 12.0. The van der Waals surface area contributed by atoms with Crippen molar-refractivity contribution in [3.05, 3.63) is 64.7 Å². The number of rotatable bonds is 7. The second kappa shape index (κ2) is 9.78. The highest BCUT2D eigenvalue weighted by Crippen LogP contribution is 2.29. The summed E-state index contributed by atoms with van der Waals surface area (Å²) in [5, 5.41) is 3.42. The molecule has 0 saturated carbocycles. The van der Waals surface area contributed by atoms with Crippen LogP contribution in [-0.4, -0.2) is 19.0 Å². The van der Waals surface area contributed by atoms with Crippen molar-refractivity contribution < 1.29 is 19.1 Å². The molecule has 0 aliphatic carbocycles. The lowest BCUT2D eigenvalue weighted by atomic mass is 10.1. The van der Waals surface area contributed by atoms with Gasteiger partial charge in [0, 0.05) is 17.6 Å². The molecule has 0 bridgehead atoms. The highest BCUT2D eigenvalue weighted by Gasteiger charge is 2.13. The largest absolute Gasteiger partial charge is 0.493 e. The van der Waals surface area contributed by atoms with E-state index < -0.39 is 0 Å². The smallest absolute Gasteiger partial charge is 0.313 e. The van der Waals surface area contributed by atoms with Gasteiger partial charge in [-0.05, 0) is 41.5 Å². The zero-order chi connectivity index (χ0) is 19.8. The summed E-state index contributed by atoms with van der Waals surface area (Å²) in [6.45, 7) is 3.90. The van der Waals surface area contributed by atoms with Gasteiger partial charge in [-0.1, -0.05) is 43.6 Å². The molecule has 5 nitrogen and oxygen atoms in total. The summed E-state index contributed by atoms with van der Waals surface area (Å²) in [5.41, 5.74) is 1.66. The number of methoxy groups -OCH3 is 1. The number of carbonyl (C=O) groups excluding carboxylic acids is 2. The molecular formula is C21H22ClNO4. The molecule has 6 heteroatoms. The van der Waals surface area contributed by atoms with E-state index in [2.05, 4.69) is 5.32 Å². The van der Waals surface area contributed by atoms with Crippen LogP contribution in [-0.2, 0) is 16.1 Å². The Hall–Kier alpha value is -2.79. The van der Waals surface area contributed by atoms with Crippen molar-refractivity contribution in [3.8, 4) is 11.5 Å². The van der Waals surface area contributed by atoms with Crippen molar-refractivity contribution in [1.29, 1.82) is 0 Å². The molecular weight excluding hydrogens is 366 g/mol. The van der Waals surface area contributed by atoms with E-state index in [4.69, 9.17) is 21.1 Å². The van der Waals surface area contributed by atoms with Crippen molar-refractivity contribution in [2.24, 2.45) is 5.92 Å². The van der Waals surface area contributed by atoms with Crippen LogP contribution in [0.5, 0.6) is 11.5 Å². The van der Waals surface area contributed by atoms with Gasteiger partial charge in [0.2, 0.25) is 5.91 Å². The van der Waals surface area contributed by atoms with E-state index >= 15 is 0 Å². The Balaban J connectivity index is 1.99. The number of carbonyl (C=O) groups is 2. The molecule has 2 aromatic carbocycles. The minimum Gasteiger partial charge on any atom is -0.493 e. The van der Waals surface area contributed by atoms with Gasteiger partial charge < -0.3 is 14.8 Å². The Morgan fingerprint density at radius 3 is 2.59 bits per heavy atom. The SMILES string of the molecule is COc1cc(/C=C/C(=O)NCc2cccc(Cl)c2)ccc1OC(=O)C(C)C. The zero-order valence-corrected chi connectivity index (χ0v) is 16.2. The van der Waals surface area contributed by atoms with Crippen LogP contribution in [0.25, 0.3) is 6.08 Å². The molecule has 1 amide bonds. The number of nitrogens with one attached hydrogen (secondary N) is 1. The lowest BCUT2D eigenvalue weighted by Crippen LogP contribution is -2.20. The number of esters is 1. The molecule has 0 saturated heterocycles. The van der Waals surface area contributed by atoms with E-state index in [9.17, 15) is 9.59 Å². The van der Waals surface area contributed by atoms with E-state index in [-0.39, 0.29) is 17.8 Å². The summed E-state index contributed by atoms with van der Waals surface area (Å²) in [6.07, 6.45) is 3.09. The molecule has 0 unspecified atom stereocenters. The third-order valence-electron chi connectivity index (χ3n) is 3.65. The molecule has 0 aromatic heterocycles. The van der Waals surface area contributed by atoms with Gasteiger partial charge in [-0.2, -0.15) is 0 Å². The normalized spacial score (nSPS) is 10.9. The third-order valence-corrected chi connectivity index (χ3v) is 3.89. The van der Waals surface area contributed by atoms with E-state index in [1.165, 1.54) is 13.2 Å². The van der Waals surface area contributed by atoms with Crippen LogP contribution in [0.4, 0.5) is 0 Å².